The van der Waals surface area contributed by atoms with E-state index < -0.39 is 0 Å². The first-order valence-corrected chi connectivity index (χ1v) is 6.04. The van der Waals surface area contributed by atoms with Crippen LogP contribution in [0.25, 0.3) is 0 Å². The molecule has 18 heavy (non-hydrogen) atoms. The van der Waals surface area contributed by atoms with Gasteiger partial charge in [-0.25, -0.2) is 0 Å². The van der Waals surface area contributed by atoms with Crippen LogP contribution in [0.3, 0.4) is 0 Å². The van der Waals surface area contributed by atoms with Gasteiger partial charge in [-0.1, -0.05) is 0 Å². The van der Waals surface area contributed by atoms with E-state index in [9.17, 15) is 4.79 Å². The lowest BCUT2D eigenvalue weighted by Gasteiger charge is -2.07. The smallest absolute Gasteiger partial charge is 0.159 e. The van der Waals surface area contributed by atoms with Crippen molar-refractivity contribution in [2.45, 2.75) is 13.3 Å². The maximum absolute atomic E-state index is 11.1. The number of carbonyl (C=O) groups excluding carboxylic acids is 1. The molecule has 1 aromatic carbocycles. The Morgan fingerprint density at radius 2 is 1.78 bits per heavy atom. The lowest BCUT2D eigenvalue weighted by Crippen LogP contribution is -2.08. The van der Waals surface area contributed by atoms with Crippen molar-refractivity contribution in [2.75, 3.05) is 33.5 Å². The van der Waals surface area contributed by atoms with Crippen LogP contribution in [0, 0.1) is 0 Å². The van der Waals surface area contributed by atoms with Gasteiger partial charge in [-0.15, -0.1) is 0 Å². The molecule has 0 aromatic heterocycles. The van der Waals surface area contributed by atoms with Crippen LogP contribution in [0.4, 0.5) is 0 Å². The van der Waals surface area contributed by atoms with E-state index in [0.29, 0.717) is 32.0 Å². The quantitative estimate of drug-likeness (QED) is 0.500. The highest BCUT2D eigenvalue weighted by Crippen LogP contribution is 2.12. The minimum Gasteiger partial charge on any atom is -0.491 e. The summed E-state index contributed by atoms with van der Waals surface area (Å²) >= 11 is 0. The van der Waals surface area contributed by atoms with Crippen molar-refractivity contribution < 1.29 is 19.0 Å². The average Bonchev–Trinajstić information content (AvgIpc) is 2.38. The predicted molar refractivity (Wildman–Crippen MR) is 69.3 cm³/mol. The zero-order valence-electron chi connectivity index (χ0n) is 11.0. The van der Waals surface area contributed by atoms with E-state index in [1.54, 1.807) is 38.3 Å². The van der Waals surface area contributed by atoms with Gasteiger partial charge in [-0.2, -0.15) is 0 Å². The summed E-state index contributed by atoms with van der Waals surface area (Å²) in [5, 5.41) is 0. The third-order valence-electron chi connectivity index (χ3n) is 2.39. The van der Waals surface area contributed by atoms with Gasteiger partial charge in [0.1, 0.15) is 12.4 Å². The second-order valence-electron chi connectivity index (χ2n) is 3.89. The molecule has 0 saturated heterocycles. The summed E-state index contributed by atoms with van der Waals surface area (Å²) < 4.78 is 15.7. The van der Waals surface area contributed by atoms with Crippen molar-refractivity contribution >= 4 is 5.78 Å². The Bertz CT molecular complexity index is 345. The molecule has 0 N–H and O–H groups in total. The molecular formula is C14H20O4. The van der Waals surface area contributed by atoms with E-state index in [1.807, 2.05) is 0 Å². The highest BCUT2D eigenvalue weighted by Gasteiger charge is 1.99. The van der Waals surface area contributed by atoms with Gasteiger partial charge in [0.05, 0.1) is 6.61 Å². The van der Waals surface area contributed by atoms with Crippen LogP contribution in [0.1, 0.15) is 23.7 Å². The minimum atomic E-state index is 0.0584. The van der Waals surface area contributed by atoms with Crippen LogP contribution >= 0.6 is 0 Å². The molecule has 0 amide bonds. The molecule has 0 aliphatic rings. The first kappa shape index (κ1) is 14.7. The van der Waals surface area contributed by atoms with Crippen molar-refractivity contribution in [1.82, 2.24) is 0 Å². The topological polar surface area (TPSA) is 44.8 Å². The van der Waals surface area contributed by atoms with Crippen LogP contribution in [0.2, 0.25) is 0 Å². The summed E-state index contributed by atoms with van der Waals surface area (Å²) in [6, 6.07) is 7.11. The number of ketones is 1. The summed E-state index contributed by atoms with van der Waals surface area (Å²) in [6.07, 6.45) is 0.893. The van der Waals surface area contributed by atoms with Crippen molar-refractivity contribution in [1.29, 1.82) is 0 Å². The van der Waals surface area contributed by atoms with E-state index in [1.165, 1.54) is 0 Å². The molecule has 0 aliphatic carbocycles. The van der Waals surface area contributed by atoms with Crippen molar-refractivity contribution in [2.24, 2.45) is 0 Å². The van der Waals surface area contributed by atoms with Crippen LogP contribution in [0.15, 0.2) is 24.3 Å². The lowest BCUT2D eigenvalue weighted by atomic mass is 10.1. The summed E-state index contributed by atoms with van der Waals surface area (Å²) in [4.78, 5) is 11.1. The Kier molecular flexibility index (Phi) is 7.06. The number of methoxy groups -OCH3 is 1. The van der Waals surface area contributed by atoms with E-state index in [4.69, 9.17) is 14.2 Å². The summed E-state index contributed by atoms with van der Waals surface area (Å²) in [5.41, 5.74) is 0.693. The number of hydrogen-bond donors (Lipinski definition) is 0. The summed E-state index contributed by atoms with van der Waals surface area (Å²) in [5.74, 6) is 0.809. The van der Waals surface area contributed by atoms with Crippen LogP contribution < -0.4 is 4.74 Å². The zero-order chi connectivity index (χ0) is 13.2. The molecule has 0 saturated carbocycles. The molecule has 1 rings (SSSR count). The molecule has 4 nitrogen and oxygen atoms in total. The lowest BCUT2D eigenvalue weighted by molar-refractivity contribution is 0.0806. The largest absolute Gasteiger partial charge is 0.491 e. The molecule has 0 spiro atoms. The standard InChI is InChI=1S/C14H20O4/c1-12(15)13-4-6-14(7-5-13)18-11-10-17-9-3-8-16-2/h4-7H,3,8-11H2,1-2H3. The van der Waals surface area contributed by atoms with E-state index in [0.717, 1.165) is 12.2 Å². The number of carbonyl (C=O) groups is 1. The second kappa shape index (κ2) is 8.66. The molecule has 0 bridgehead atoms. The maximum Gasteiger partial charge on any atom is 0.159 e. The van der Waals surface area contributed by atoms with E-state index in [-0.39, 0.29) is 5.78 Å². The van der Waals surface area contributed by atoms with Crippen LogP contribution in [0.5, 0.6) is 5.75 Å². The van der Waals surface area contributed by atoms with Gasteiger partial charge in [-0.3, -0.25) is 4.79 Å². The molecule has 0 atom stereocenters. The third kappa shape index (κ3) is 5.80. The normalized spacial score (nSPS) is 10.3. The highest BCUT2D eigenvalue weighted by molar-refractivity contribution is 5.94. The predicted octanol–water partition coefficient (Wildman–Crippen LogP) is 2.32. The number of Topliss-reactive ketones (excluding diaryl/α,β-unsaturated/α-hetero) is 1. The van der Waals surface area contributed by atoms with Crippen molar-refractivity contribution in [3.05, 3.63) is 29.8 Å². The summed E-state index contributed by atoms with van der Waals surface area (Å²) in [7, 11) is 1.67. The number of ether oxygens (including phenoxy) is 3. The van der Waals surface area contributed by atoms with Crippen LogP contribution in [-0.2, 0) is 9.47 Å². The molecule has 0 aliphatic heterocycles. The van der Waals surface area contributed by atoms with Gasteiger partial charge in [0, 0.05) is 25.9 Å². The number of benzene rings is 1. The monoisotopic (exact) mass is 252 g/mol. The molecule has 0 unspecified atom stereocenters. The fourth-order valence-corrected chi connectivity index (χ4v) is 1.41. The fraction of sp³-hybridized carbons (Fsp3) is 0.500. The third-order valence-corrected chi connectivity index (χ3v) is 2.39. The van der Waals surface area contributed by atoms with Gasteiger partial charge in [0.2, 0.25) is 0 Å². The molecule has 0 heterocycles. The SMILES string of the molecule is COCCCOCCOc1ccc(C(C)=O)cc1. The maximum atomic E-state index is 11.1. The molecule has 0 fully saturated rings. The second-order valence-corrected chi connectivity index (χ2v) is 3.89. The van der Waals surface area contributed by atoms with Gasteiger partial charge in [0.15, 0.2) is 5.78 Å². The fourth-order valence-electron chi connectivity index (χ4n) is 1.41. The van der Waals surface area contributed by atoms with Crippen LogP contribution in [-0.4, -0.2) is 39.3 Å². The molecule has 1 aromatic rings. The van der Waals surface area contributed by atoms with Gasteiger partial charge >= 0.3 is 0 Å². The minimum absolute atomic E-state index is 0.0584. The average molecular weight is 252 g/mol. The van der Waals surface area contributed by atoms with Crippen molar-refractivity contribution in [3.8, 4) is 5.75 Å². The molecule has 100 valence electrons. The Balaban J connectivity index is 2.14. The van der Waals surface area contributed by atoms with Crippen molar-refractivity contribution in [3.63, 3.8) is 0 Å². The molecule has 0 radical (unpaired) electrons. The Morgan fingerprint density at radius 3 is 2.39 bits per heavy atom. The first-order chi connectivity index (χ1) is 8.74. The van der Waals surface area contributed by atoms with E-state index in [2.05, 4.69) is 0 Å². The summed E-state index contributed by atoms with van der Waals surface area (Å²) in [6.45, 7) is 4.00. The Hall–Kier alpha value is -1.39. The van der Waals surface area contributed by atoms with Gasteiger partial charge in [-0.05, 0) is 37.6 Å². The Labute approximate surface area is 108 Å². The van der Waals surface area contributed by atoms with Gasteiger partial charge < -0.3 is 14.2 Å². The first-order valence-electron chi connectivity index (χ1n) is 6.04. The highest BCUT2D eigenvalue weighted by atomic mass is 16.5. The number of hydrogen-bond acceptors (Lipinski definition) is 4. The number of rotatable bonds is 9. The van der Waals surface area contributed by atoms with E-state index >= 15 is 0 Å². The zero-order valence-corrected chi connectivity index (χ0v) is 11.0. The molecule has 4 heteroatoms. The molecular weight excluding hydrogens is 232 g/mol. The van der Waals surface area contributed by atoms with Gasteiger partial charge in [0.25, 0.3) is 0 Å². The Morgan fingerprint density at radius 1 is 1.06 bits per heavy atom.